The van der Waals surface area contributed by atoms with Crippen molar-refractivity contribution >= 4 is 5.97 Å². The van der Waals surface area contributed by atoms with Gasteiger partial charge in [-0.2, -0.15) is 0 Å². The Hall–Kier alpha value is -2.17. The molecule has 0 amide bonds. The summed E-state index contributed by atoms with van der Waals surface area (Å²) in [5.74, 6) is 1.39. The van der Waals surface area contributed by atoms with Crippen molar-refractivity contribution in [3.63, 3.8) is 0 Å². The molecule has 110 valence electrons. The fourth-order valence-electron chi connectivity index (χ4n) is 2.84. The molecule has 1 aliphatic carbocycles. The molecule has 5 heteroatoms. The average Bonchev–Trinajstić information content (AvgIpc) is 3.05. The summed E-state index contributed by atoms with van der Waals surface area (Å²) in [6.45, 7) is 0. The van der Waals surface area contributed by atoms with Crippen LogP contribution in [0.3, 0.4) is 0 Å². The van der Waals surface area contributed by atoms with E-state index in [1.807, 2.05) is 30.3 Å². The molecule has 1 aromatic heterocycles. The Labute approximate surface area is 123 Å². The first kappa shape index (κ1) is 13.8. The van der Waals surface area contributed by atoms with E-state index in [1.165, 1.54) is 7.11 Å². The van der Waals surface area contributed by atoms with Crippen molar-refractivity contribution in [1.82, 2.24) is 10.2 Å². The first-order chi connectivity index (χ1) is 10.3. The number of nitrogens with zero attached hydrogens (tertiary/aromatic N) is 2. The summed E-state index contributed by atoms with van der Waals surface area (Å²) in [4.78, 5) is 11.5. The maximum Gasteiger partial charge on any atom is 0.308 e. The van der Waals surface area contributed by atoms with Gasteiger partial charge in [0.05, 0.1) is 13.0 Å². The summed E-state index contributed by atoms with van der Waals surface area (Å²) in [6, 6.07) is 9.74. The van der Waals surface area contributed by atoms with E-state index in [0.29, 0.717) is 11.8 Å². The molecule has 0 saturated heterocycles. The van der Waals surface area contributed by atoms with Gasteiger partial charge in [0.15, 0.2) is 0 Å². The van der Waals surface area contributed by atoms with Crippen LogP contribution in [0.15, 0.2) is 34.7 Å². The zero-order chi connectivity index (χ0) is 14.7. The van der Waals surface area contributed by atoms with Crippen LogP contribution in [-0.4, -0.2) is 23.3 Å². The van der Waals surface area contributed by atoms with Crippen molar-refractivity contribution < 1.29 is 13.9 Å². The fourth-order valence-corrected chi connectivity index (χ4v) is 2.84. The number of carbonyl (C=O) groups excluding carboxylic acids is 1. The van der Waals surface area contributed by atoms with Crippen molar-refractivity contribution in [3.8, 4) is 11.5 Å². The number of aromatic nitrogens is 2. The molecule has 0 spiro atoms. The van der Waals surface area contributed by atoms with E-state index in [1.54, 1.807) is 0 Å². The summed E-state index contributed by atoms with van der Waals surface area (Å²) in [6.07, 6.45) is 3.41. The van der Waals surface area contributed by atoms with E-state index in [0.717, 1.165) is 31.2 Å². The molecule has 5 nitrogen and oxygen atoms in total. The van der Waals surface area contributed by atoms with Gasteiger partial charge in [0.2, 0.25) is 11.8 Å². The second-order valence-electron chi connectivity index (χ2n) is 5.38. The molecule has 0 unspecified atom stereocenters. The van der Waals surface area contributed by atoms with Gasteiger partial charge in [-0.05, 0) is 37.8 Å². The largest absolute Gasteiger partial charge is 0.469 e. The Morgan fingerprint density at radius 2 is 1.86 bits per heavy atom. The fraction of sp³-hybridized carbons (Fsp3) is 0.438. The monoisotopic (exact) mass is 286 g/mol. The normalized spacial score (nSPS) is 22.0. The lowest BCUT2D eigenvalue weighted by molar-refractivity contribution is -0.146. The Bertz CT molecular complexity index is 601. The third-order valence-electron chi connectivity index (χ3n) is 4.07. The smallest absolute Gasteiger partial charge is 0.308 e. The quantitative estimate of drug-likeness (QED) is 0.811. The lowest BCUT2D eigenvalue weighted by atomic mass is 9.82. The molecular formula is C16H18N2O3. The van der Waals surface area contributed by atoms with Crippen molar-refractivity contribution in [3.05, 3.63) is 36.2 Å². The lowest BCUT2D eigenvalue weighted by Gasteiger charge is -2.24. The Kier molecular flexibility index (Phi) is 3.99. The third kappa shape index (κ3) is 2.96. The topological polar surface area (TPSA) is 65.2 Å². The van der Waals surface area contributed by atoms with Gasteiger partial charge in [0.25, 0.3) is 0 Å². The van der Waals surface area contributed by atoms with Gasteiger partial charge in [0.1, 0.15) is 0 Å². The van der Waals surface area contributed by atoms with Gasteiger partial charge < -0.3 is 9.15 Å². The minimum absolute atomic E-state index is 0.0164. The van der Waals surface area contributed by atoms with E-state index in [4.69, 9.17) is 9.15 Å². The molecular weight excluding hydrogens is 268 g/mol. The number of carbonyl (C=O) groups is 1. The van der Waals surface area contributed by atoms with Crippen molar-refractivity contribution in [2.45, 2.75) is 31.6 Å². The van der Waals surface area contributed by atoms with Crippen LogP contribution in [0.2, 0.25) is 0 Å². The number of ether oxygens (including phenoxy) is 1. The molecule has 21 heavy (non-hydrogen) atoms. The highest BCUT2D eigenvalue weighted by atomic mass is 16.5. The first-order valence-electron chi connectivity index (χ1n) is 7.24. The summed E-state index contributed by atoms with van der Waals surface area (Å²) in [5, 5.41) is 8.30. The highest BCUT2D eigenvalue weighted by Crippen LogP contribution is 2.36. The van der Waals surface area contributed by atoms with Crippen LogP contribution in [0.25, 0.3) is 11.5 Å². The van der Waals surface area contributed by atoms with Crippen LogP contribution in [-0.2, 0) is 9.53 Å². The molecule has 1 saturated carbocycles. The number of hydrogen-bond acceptors (Lipinski definition) is 5. The minimum atomic E-state index is -0.107. The second-order valence-corrected chi connectivity index (χ2v) is 5.38. The van der Waals surface area contributed by atoms with E-state index in [2.05, 4.69) is 10.2 Å². The van der Waals surface area contributed by atoms with Gasteiger partial charge in [-0.15, -0.1) is 10.2 Å². The van der Waals surface area contributed by atoms with Gasteiger partial charge >= 0.3 is 5.97 Å². The summed E-state index contributed by atoms with van der Waals surface area (Å²) < 4.78 is 10.6. The zero-order valence-corrected chi connectivity index (χ0v) is 12.0. The molecule has 1 fully saturated rings. The molecule has 2 aromatic rings. The number of methoxy groups -OCH3 is 1. The summed E-state index contributed by atoms with van der Waals surface area (Å²) >= 11 is 0. The van der Waals surface area contributed by atoms with E-state index in [9.17, 15) is 4.79 Å². The predicted octanol–water partition coefficient (Wildman–Crippen LogP) is 3.18. The van der Waals surface area contributed by atoms with Crippen LogP contribution < -0.4 is 0 Å². The van der Waals surface area contributed by atoms with Crippen molar-refractivity contribution in [2.24, 2.45) is 5.92 Å². The third-order valence-corrected chi connectivity index (χ3v) is 4.07. The highest BCUT2D eigenvalue weighted by molar-refractivity contribution is 5.72. The van der Waals surface area contributed by atoms with E-state index >= 15 is 0 Å². The SMILES string of the molecule is COC(=O)[C@H]1CC[C@H](c2nnc(-c3ccccc3)o2)CC1. The standard InChI is InChI=1S/C16H18N2O3/c1-20-16(19)13-9-7-12(8-10-13)15-18-17-14(21-15)11-5-3-2-4-6-11/h2-6,12-13H,7-10H2,1H3/t12-,13-. The van der Waals surface area contributed by atoms with Crippen LogP contribution >= 0.6 is 0 Å². The Morgan fingerprint density at radius 1 is 1.14 bits per heavy atom. The van der Waals surface area contributed by atoms with Gasteiger partial charge in [0, 0.05) is 11.5 Å². The molecule has 0 atom stereocenters. The van der Waals surface area contributed by atoms with Gasteiger partial charge in [-0.3, -0.25) is 4.79 Å². The van der Waals surface area contributed by atoms with E-state index < -0.39 is 0 Å². The molecule has 1 aliphatic rings. The second kappa shape index (κ2) is 6.08. The van der Waals surface area contributed by atoms with Crippen molar-refractivity contribution in [1.29, 1.82) is 0 Å². The van der Waals surface area contributed by atoms with Crippen LogP contribution in [0, 0.1) is 5.92 Å². The molecule has 3 rings (SSSR count). The van der Waals surface area contributed by atoms with Crippen LogP contribution in [0.4, 0.5) is 0 Å². The maximum absolute atomic E-state index is 11.5. The summed E-state index contributed by atoms with van der Waals surface area (Å²) in [5.41, 5.74) is 0.930. The predicted molar refractivity (Wildman–Crippen MR) is 76.4 cm³/mol. The molecule has 1 heterocycles. The Morgan fingerprint density at radius 3 is 2.52 bits per heavy atom. The molecule has 0 aliphatic heterocycles. The maximum atomic E-state index is 11.5. The molecule has 0 bridgehead atoms. The first-order valence-corrected chi connectivity index (χ1v) is 7.24. The van der Waals surface area contributed by atoms with Gasteiger partial charge in [-0.25, -0.2) is 0 Å². The molecule has 1 aromatic carbocycles. The average molecular weight is 286 g/mol. The summed E-state index contributed by atoms with van der Waals surface area (Å²) in [7, 11) is 1.44. The van der Waals surface area contributed by atoms with Crippen LogP contribution in [0.1, 0.15) is 37.5 Å². The number of hydrogen-bond donors (Lipinski definition) is 0. The minimum Gasteiger partial charge on any atom is -0.469 e. The zero-order valence-electron chi connectivity index (χ0n) is 12.0. The lowest BCUT2D eigenvalue weighted by Crippen LogP contribution is -2.22. The molecule has 0 radical (unpaired) electrons. The van der Waals surface area contributed by atoms with Crippen molar-refractivity contribution in [2.75, 3.05) is 7.11 Å². The number of esters is 1. The van der Waals surface area contributed by atoms with Crippen LogP contribution in [0.5, 0.6) is 0 Å². The van der Waals surface area contributed by atoms with Gasteiger partial charge in [-0.1, -0.05) is 18.2 Å². The highest BCUT2D eigenvalue weighted by Gasteiger charge is 2.30. The number of benzene rings is 1. The van der Waals surface area contributed by atoms with E-state index in [-0.39, 0.29) is 17.8 Å². The number of rotatable bonds is 3. The molecule has 0 N–H and O–H groups in total. The Balaban J connectivity index is 1.67.